The van der Waals surface area contributed by atoms with Gasteiger partial charge in [0.25, 0.3) is 0 Å². The van der Waals surface area contributed by atoms with E-state index >= 15 is 0 Å². The third kappa shape index (κ3) is 7.79. The van der Waals surface area contributed by atoms with Gasteiger partial charge >= 0.3 is 0 Å². The van der Waals surface area contributed by atoms with Crippen molar-refractivity contribution in [2.24, 2.45) is 0 Å². The maximum atomic E-state index is 12.3. The number of nitrogens with one attached hydrogen (secondary N) is 1. The molecule has 0 bridgehead atoms. The summed E-state index contributed by atoms with van der Waals surface area (Å²) in [5, 5.41) is 2.89. The summed E-state index contributed by atoms with van der Waals surface area (Å²) in [6, 6.07) is 12.6. The van der Waals surface area contributed by atoms with Crippen molar-refractivity contribution in [1.29, 1.82) is 0 Å². The van der Waals surface area contributed by atoms with Gasteiger partial charge in [-0.2, -0.15) is 0 Å². The summed E-state index contributed by atoms with van der Waals surface area (Å²) in [4.78, 5) is 12.3. The fourth-order valence-corrected chi connectivity index (χ4v) is 4.01. The zero-order valence-electron chi connectivity index (χ0n) is 18.8. The highest BCUT2D eigenvalue weighted by Crippen LogP contribution is 2.23. The lowest BCUT2D eigenvalue weighted by molar-refractivity contribution is -0.121. The lowest BCUT2D eigenvalue weighted by Crippen LogP contribution is -2.37. The summed E-state index contributed by atoms with van der Waals surface area (Å²) in [5.41, 5.74) is 2.86. The van der Waals surface area contributed by atoms with Crippen LogP contribution in [0.25, 0.3) is 0 Å². The molecule has 0 spiro atoms. The predicted octanol–water partition coefficient (Wildman–Crippen LogP) is 3.44. The van der Waals surface area contributed by atoms with E-state index in [-0.39, 0.29) is 24.9 Å². The van der Waals surface area contributed by atoms with Crippen molar-refractivity contribution < 1.29 is 22.7 Å². The van der Waals surface area contributed by atoms with E-state index in [1.807, 2.05) is 39.0 Å². The molecule has 0 heterocycles. The number of anilines is 1. The van der Waals surface area contributed by atoms with Crippen molar-refractivity contribution in [2.75, 3.05) is 30.8 Å². The summed E-state index contributed by atoms with van der Waals surface area (Å²) in [6.07, 6.45) is 1.75. The molecule has 1 N–H and O–H groups in total. The van der Waals surface area contributed by atoms with Gasteiger partial charge < -0.3 is 14.8 Å². The Kier molecular flexibility index (Phi) is 8.74. The highest BCUT2D eigenvalue weighted by molar-refractivity contribution is 7.92. The summed E-state index contributed by atoms with van der Waals surface area (Å²) >= 11 is 0. The summed E-state index contributed by atoms with van der Waals surface area (Å²) in [6.45, 7) is 6.50. The Hall–Kier alpha value is -2.74. The van der Waals surface area contributed by atoms with E-state index in [1.54, 1.807) is 24.3 Å². The van der Waals surface area contributed by atoms with Crippen molar-refractivity contribution in [3.05, 3.63) is 53.6 Å². The molecular weight excluding hydrogens is 416 g/mol. The monoisotopic (exact) mass is 448 g/mol. The minimum Gasteiger partial charge on any atom is -0.497 e. The maximum absolute atomic E-state index is 12.3. The Bertz CT molecular complexity index is 991. The molecule has 0 aromatic heterocycles. The Labute approximate surface area is 185 Å². The number of carbonyl (C=O) groups excluding carboxylic acids is 1. The quantitative estimate of drug-likeness (QED) is 0.569. The third-order valence-corrected chi connectivity index (χ3v) is 6.09. The number of aryl methyl sites for hydroxylation is 2. The van der Waals surface area contributed by atoms with E-state index in [2.05, 4.69) is 5.32 Å². The molecule has 170 valence electrons. The molecule has 0 unspecified atom stereocenters. The van der Waals surface area contributed by atoms with Crippen LogP contribution in [-0.2, 0) is 14.8 Å². The first-order valence-electron chi connectivity index (χ1n) is 10.2. The van der Waals surface area contributed by atoms with Gasteiger partial charge in [-0.3, -0.25) is 9.10 Å². The fraction of sp³-hybridized carbons (Fsp3) is 0.435. The normalized spacial score (nSPS) is 12.2. The zero-order valence-corrected chi connectivity index (χ0v) is 19.7. The Morgan fingerprint density at radius 3 is 2.48 bits per heavy atom. The predicted molar refractivity (Wildman–Crippen MR) is 123 cm³/mol. The first kappa shape index (κ1) is 24.5. The molecule has 0 fully saturated rings. The second-order valence-electron chi connectivity index (χ2n) is 7.67. The number of hydrogen-bond donors (Lipinski definition) is 1. The first-order valence-corrected chi connectivity index (χ1v) is 12.1. The molecule has 1 amide bonds. The number of rotatable bonds is 11. The number of methoxy groups -OCH3 is 1. The third-order valence-electron chi connectivity index (χ3n) is 4.89. The Morgan fingerprint density at radius 2 is 1.84 bits per heavy atom. The minimum atomic E-state index is -3.48. The highest BCUT2D eigenvalue weighted by Gasteiger charge is 2.18. The lowest BCUT2D eigenvalue weighted by atomic mass is 10.1. The topological polar surface area (TPSA) is 84.9 Å². The molecular formula is C23H32N2O5S. The van der Waals surface area contributed by atoms with Crippen LogP contribution in [0.5, 0.6) is 11.5 Å². The minimum absolute atomic E-state index is 0.143. The molecule has 7 nitrogen and oxygen atoms in total. The molecule has 1 atom stereocenters. The summed E-state index contributed by atoms with van der Waals surface area (Å²) in [5.74, 6) is 1.20. The summed E-state index contributed by atoms with van der Waals surface area (Å²) < 4.78 is 36.7. The van der Waals surface area contributed by atoms with Crippen molar-refractivity contribution in [1.82, 2.24) is 5.32 Å². The van der Waals surface area contributed by atoms with Gasteiger partial charge in [-0.25, -0.2) is 8.42 Å². The van der Waals surface area contributed by atoms with Crippen molar-refractivity contribution >= 4 is 21.6 Å². The molecule has 0 saturated heterocycles. The molecule has 2 rings (SSSR count). The average molecular weight is 449 g/mol. The number of hydrogen-bond acceptors (Lipinski definition) is 5. The van der Waals surface area contributed by atoms with Crippen LogP contribution in [0.4, 0.5) is 5.69 Å². The highest BCUT2D eigenvalue weighted by atomic mass is 32.2. The Morgan fingerprint density at radius 1 is 1.10 bits per heavy atom. The standard InChI is InChI=1S/C23H32N2O5S/c1-17-11-12-22(14-18(17)2)30-16-19(3)24-23(26)10-7-13-25(31(5,27)28)20-8-6-9-21(15-20)29-4/h6,8-9,11-12,14-15,19H,7,10,13,16H2,1-5H3,(H,24,26)/t19-/m0/s1. The molecule has 0 saturated carbocycles. The SMILES string of the molecule is COc1cccc(N(CCCC(=O)N[C@@H](C)COc2ccc(C)c(C)c2)S(C)(=O)=O)c1. The summed E-state index contributed by atoms with van der Waals surface area (Å²) in [7, 11) is -1.96. The number of sulfonamides is 1. The van der Waals surface area contributed by atoms with Gasteiger partial charge in [0.05, 0.1) is 25.1 Å². The van der Waals surface area contributed by atoms with E-state index < -0.39 is 10.0 Å². The van der Waals surface area contributed by atoms with E-state index in [9.17, 15) is 13.2 Å². The maximum Gasteiger partial charge on any atom is 0.232 e. The van der Waals surface area contributed by atoms with Gasteiger partial charge in [0.15, 0.2) is 0 Å². The number of amides is 1. The molecule has 2 aromatic carbocycles. The molecule has 8 heteroatoms. The van der Waals surface area contributed by atoms with Crippen LogP contribution < -0.4 is 19.1 Å². The molecule has 0 radical (unpaired) electrons. The second-order valence-corrected chi connectivity index (χ2v) is 9.57. The molecule has 31 heavy (non-hydrogen) atoms. The van der Waals surface area contributed by atoms with E-state index in [0.717, 1.165) is 17.6 Å². The van der Waals surface area contributed by atoms with E-state index in [4.69, 9.17) is 9.47 Å². The fourth-order valence-electron chi connectivity index (χ4n) is 3.05. The van der Waals surface area contributed by atoms with Gasteiger partial charge in [-0.1, -0.05) is 12.1 Å². The van der Waals surface area contributed by atoms with Crippen LogP contribution in [0.15, 0.2) is 42.5 Å². The zero-order chi connectivity index (χ0) is 23.0. The van der Waals surface area contributed by atoms with Crippen LogP contribution in [0, 0.1) is 13.8 Å². The second kappa shape index (κ2) is 11.0. The van der Waals surface area contributed by atoms with Crippen molar-refractivity contribution in [2.45, 2.75) is 39.7 Å². The van der Waals surface area contributed by atoms with Crippen LogP contribution >= 0.6 is 0 Å². The van der Waals surface area contributed by atoms with E-state index in [0.29, 0.717) is 24.5 Å². The van der Waals surface area contributed by atoms with E-state index in [1.165, 1.54) is 17.0 Å². The van der Waals surface area contributed by atoms with Gasteiger partial charge in [0, 0.05) is 19.0 Å². The Balaban J connectivity index is 1.83. The van der Waals surface area contributed by atoms with Gasteiger partial charge in [0.2, 0.25) is 15.9 Å². The number of ether oxygens (including phenoxy) is 2. The van der Waals surface area contributed by atoms with Crippen molar-refractivity contribution in [3.63, 3.8) is 0 Å². The van der Waals surface area contributed by atoms with Gasteiger partial charge in [-0.15, -0.1) is 0 Å². The molecule has 0 aliphatic carbocycles. The molecule has 0 aliphatic heterocycles. The van der Waals surface area contributed by atoms with Crippen LogP contribution in [-0.4, -0.2) is 46.9 Å². The van der Waals surface area contributed by atoms with Gasteiger partial charge in [0.1, 0.15) is 18.1 Å². The number of benzene rings is 2. The van der Waals surface area contributed by atoms with Crippen molar-refractivity contribution in [3.8, 4) is 11.5 Å². The van der Waals surface area contributed by atoms with Gasteiger partial charge in [-0.05, 0) is 62.6 Å². The van der Waals surface area contributed by atoms with Crippen LogP contribution in [0.2, 0.25) is 0 Å². The first-order chi connectivity index (χ1) is 14.6. The van der Waals surface area contributed by atoms with Crippen LogP contribution in [0.3, 0.4) is 0 Å². The molecule has 2 aromatic rings. The largest absolute Gasteiger partial charge is 0.497 e. The van der Waals surface area contributed by atoms with Crippen LogP contribution in [0.1, 0.15) is 30.9 Å². The average Bonchev–Trinajstić information content (AvgIpc) is 2.71. The smallest absolute Gasteiger partial charge is 0.232 e. The molecule has 0 aliphatic rings. The number of nitrogens with zero attached hydrogens (tertiary/aromatic N) is 1. The number of carbonyl (C=O) groups is 1. The lowest BCUT2D eigenvalue weighted by Gasteiger charge is -2.23.